The molecule has 1 aromatic carbocycles. The number of Topliss-reactive ketones (excluding diaryl/α,β-unsaturated/α-hetero) is 1. The van der Waals surface area contributed by atoms with Crippen molar-refractivity contribution in [2.75, 3.05) is 13.2 Å². The van der Waals surface area contributed by atoms with E-state index in [0.717, 1.165) is 44.9 Å². The Labute approximate surface area is 310 Å². The Morgan fingerprint density at radius 2 is 1.79 bits per heavy atom. The number of nitrogens with zero attached hydrogens (tertiary/aromatic N) is 2. The van der Waals surface area contributed by atoms with E-state index < -0.39 is 58.5 Å². The topological polar surface area (TPSA) is 156 Å². The van der Waals surface area contributed by atoms with E-state index in [1.807, 2.05) is 27.7 Å². The maximum absolute atomic E-state index is 15.0. The summed E-state index contributed by atoms with van der Waals surface area (Å²) in [6.45, 7) is 9.27. The predicted octanol–water partition coefficient (Wildman–Crippen LogP) is 4.98. The number of ketones is 1. The fraction of sp³-hybridized carbons (Fsp3) is 0.684. The lowest BCUT2D eigenvalue weighted by Gasteiger charge is -2.36. The number of halogens is 2. The molecule has 0 radical (unpaired) electrons. The van der Waals surface area contributed by atoms with E-state index in [1.165, 1.54) is 17.0 Å². The van der Waals surface area contributed by atoms with E-state index in [2.05, 4.69) is 21.1 Å². The predicted molar refractivity (Wildman–Crippen MR) is 193 cm³/mol. The molecule has 3 fully saturated rings. The average Bonchev–Trinajstić information content (AvgIpc) is 3.68. The number of rotatable bonds is 14. The molecule has 52 heavy (non-hydrogen) atoms. The van der Waals surface area contributed by atoms with Crippen molar-refractivity contribution in [1.29, 1.82) is 0 Å². The van der Waals surface area contributed by atoms with E-state index in [4.69, 9.17) is 21.2 Å². The molecule has 1 saturated heterocycles. The van der Waals surface area contributed by atoms with Gasteiger partial charge in [0.15, 0.2) is 17.2 Å². The SMILES string of the molecule is CCC[C@@H](NC(=O)[C@@H]1CC2(CC(c3cc(F)c(OCC)c(Cl)c3)=NO2)CN1C(=O)[C@H](NC(=O)CC1CCCCC1)C(C)(C)C)C(=O)C(=O)NC1CC1. The van der Waals surface area contributed by atoms with Crippen LogP contribution in [0, 0.1) is 17.2 Å². The number of carbonyl (C=O) groups is 5. The van der Waals surface area contributed by atoms with Gasteiger partial charge in [0.25, 0.3) is 5.91 Å². The fourth-order valence-corrected chi connectivity index (χ4v) is 7.71. The van der Waals surface area contributed by atoms with Crippen LogP contribution < -0.4 is 20.7 Å². The van der Waals surface area contributed by atoms with Crippen LogP contribution in [0.15, 0.2) is 17.3 Å². The zero-order valence-electron chi connectivity index (χ0n) is 30.9. The monoisotopic (exact) mass is 745 g/mol. The second-order valence-electron chi connectivity index (χ2n) is 15.9. The molecule has 1 spiro atoms. The van der Waals surface area contributed by atoms with Crippen molar-refractivity contribution in [1.82, 2.24) is 20.9 Å². The van der Waals surface area contributed by atoms with E-state index in [-0.39, 0.29) is 61.1 Å². The van der Waals surface area contributed by atoms with Crippen molar-refractivity contribution in [3.63, 3.8) is 0 Å². The maximum Gasteiger partial charge on any atom is 0.289 e. The van der Waals surface area contributed by atoms with Crippen LogP contribution in [0.3, 0.4) is 0 Å². The molecule has 4 aliphatic rings. The van der Waals surface area contributed by atoms with Crippen LogP contribution in [0.1, 0.15) is 117 Å². The molecule has 0 aromatic heterocycles. The van der Waals surface area contributed by atoms with E-state index in [1.54, 1.807) is 6.92 Å². The van der Waals surface area contributed by atoms with Crippen molar-refractivity contribution < 1.29 is 37.9 Å². The third-order valence-corrected chi connectivity index (χ3v) is 10.7. The molecule has 14 heteroatoms. The highest BCUT2D eigenvalue weighted by molar-refractivity contribution is 6.38. The number of nitrogens with one attached hydrogen (secondary N) is 3. The molecule has 3 N–H and O–H groups in total. The van der Waals surface area contributed by atoms with E-state index >= 15 is 0 Å². The fourth-order valence-electron chi connectivity index (χ4n) is 7.45. The summed E-state index contributed by atoms with van der Waals surface area (Å²) in [7, 11) is 0. The third kappa shape index (κ3) is 9.43. The first-order valence-corrected chi connectivity index (χ1v) is 19.1. The molecule has 12 nitrogen and oxygen atoms in total. The molecule has 5 rings (SSSR count). The largest absolute Gasteiger partial charge is 0.489 e. The highest BCUT2D eigenvalue weighted by atomic mass is 35.5. The Morgan fingerprint density at radius 3 is 2.40 bits per heavy atom. The Balaban J connectivity index is 1.40. The molecule has 286 valence electrons. The molecule has 2 aliphatic heterocycles. The van der Waals surface area contributed by atoms with Gasteiger partial charge in [-0.1, -0.05) is 70.1 Å². The third-order valence-electron chi connectivity index (χ3n) is 10.4. The number of amides is 4. The average molecular weight is 746 g/mol. The van der Waals surface area contributed by atoms with Gasteiger partial charge in [-0.15, -0.1) is 0 Å². The Bertz CT molecular complexity index is 1550. The minimum Gasteiger partial charge on any atom is -0.489 e. The van der Waals surface area contributed by atoms with E-state index in [9.17, 15) is 28.4 Å². The van der Waals surface area contributed by atoms with Crippen molar-refractivity contribution in [3.05, 3.63) is 28.5 Å². The van der Waals surface area contributed by atoms with Crippen LogP contribution in [0.25, 0.3) is 0 Å². The Morgan fingerprint density at radius 1 is 1.08 bits per heavy atom. The van der Waals surface area contributed by atoms with E-state index in [0.29, 0.717) is 24.1 Å². The second-order valence-corrected chi connectivity index (χ2v) is 16.3. The summed E-state index contributed by atoms with van der Waals surface area (Å²) in [5.74, 6) is -3.28. The number of carbonyl (C=O) groups excluding carboxylic acids is 5. The minimum absolute atomic E-state index is 0.000986. The first-order chi connectivity index (χ1) is 24.6. The van der Waals surface area contributed by atoms with Gasteiger partial charge in [-0.3, -0.25) is 24.0 Å². The van der Waals surface area contributed by atoms with Gasteiger partial charge < -0.3 is 30.4 Å². The minimum atomic E-state index is -1.17. The van der Waals surface area contributed by atoms with Gasteiger partial charge in [0.2, 0.25) is 23.5 Å². The van der Waals surface area contributed by atoms with Crippen molar-refractivity contribution >= 4 is 46.7 Å². The van der Waals surface area contributed by atoms with Crippen LogP contribution in [-0.4, -0.2) is 82.9 Å². The summed E-state index contributed by atoms with van der Waals surface area (Å²) in [5.41, 5.74) is -1.16. The lowest BCUT2D eigenvalue weighted by atomic mass is 9.84. The lowest BCUT2D eigenvalue weighted by molar-refractivity contribution is -0.145. The summed E-state index contributed by atoms with van der Waals surface area (Å²) in [5, 5.41) is 12.8. The van der Waals surface area contributed by atoms with Crippen LogP contribution >= 0.6 is 11.6 Å². The van der Waals surface area contributed by atoms with Gasteiger partial charge in [-0.2, -0.15) is 0 Å². The Hall–Kier alpha value is -3.74. The summed E-state index contributed by atoms with van der Waals surface area (Å²) in [6.07, 6.45) is 8.05. The summed E-state index contributed by atoms with van der Waals surface area (Å²) >= 11 is 6.35. The summed E-state index contributed by atoms with van der Waals surface area (Å²) in [6, 6.07) is -0.445. The number of oxime groups is 1. The molecule has 2 heterocycles. The first-order valence-electron chi connectivity index (χ1n) is 18.8. The number of benzene rings is 1. The molecule has 2 saturated carbocycles. The van der Waals surface area contributed by atoms with Crippen LogP contribution in [0.2, 0.25) is 5.02 Å². The molecule has 4 atom stereocenters. The zero-order valence-corrected chi connectivity index (χ0v) is 31.7. The van der Waals surface area contributed by atoms with Gasteiger partial charge in [-0.05, 0) is 62.5 Å². The van der Waals surface area contributed by atoms with Crippen molar-refractivity contribution in [2.24, 2.45) is 16.5 Å². The summed E-state index contributed by atoms with van der Waals surface area (Å²) < 4.78 is 20.3. The standard InChI is InChI=1S/C38H53ClFN5O7/c1-6-11-27(31(47)35(49)41-24-14-15-24)42-34(48)29-20-38(19-28(44-52-38)23-17-25(39)32(51-7-2)26(40)18-23)21-45(29)36(50)33(37(3,4)5)43-30(46)16-22-12-9-8-10-13-22/h17-18,22,24,27,29,33H,6-16,19-21H2,1-5H3,(H,41,49)(H,42,48)(H,43,46)/t27-,29+,33+,38?/m1/s1. The van der Waals surface area contributed by atoms with Crippen molar-refractivity contribution in [2.45, 2.75) is 141 Å². The van der Waals surface area contributed by atoms with Crippen LogP contribution in [0.4, 0.5) is 4.39 Å². The number of likely N-dealkylation sites (tertiary alicyclic amines) is 1. The summed E-state index contributed by atoms with van der Waals surface area (Å²) in [4.78, 5) is 75.5. The molecule has 4 amide bonds. The quantitative estimate of drug-likeness (QED) is 0.227. The van der Waals surface area contributed by atoms with Gasteiger partial charge in [0, 0.05) is 30.9 Å². The number of hydrogen-bond donors (Lipinski definition) is 3. The maximum atomic E-state index is 15.0. The first kappa shape index (κ1) is 39.5. The van der Waals surface area contributed by atoms with Crippen molar-refractivity contribution in [3.8, 4) is 5.75 Å². The smallest absolute Gasteiger partial charge is 0.289 e. The number of ether oxygens (including phenoxy) is 1. The second kappa shape index (κ2) is 16.5. The van der Waals surface area contributed by atoms with Gasteiger partial charge in [0.05, 0.1) is 29.9 Å². The zero-order chi connectivity index (χ0) is 37.8. The van der Waals surface area contributed by atoms with Crippen LogP contribution in [-0.2, 0) is 28.8 Å². The molecule has 1 unspecified atom stereocenters. The number of hydrogen-bond acceptors (Lipinski definition) is 8. The Kier molecular flexibility index (Phi) is 12.5. The normalized spacial score (nSPS) is 23.0. The highest BCUT2D eigenvalue weighted by Crippen LogP contribution is 2.41. The molecule has 0 bridgehead atoms. The molecular weight excluding hydrogens is 693 g/mol. The van der Waals surface area contributed by atoms with Gasteiger partial charge in [-0.25, -0.2) is 4.39 Å². The highest BCUT2D eigenvalue weighted by Gasteiger charge is 2.56. The van der Waals surface area contributed by atoms with Crippen LogP contribution in [0.5, 0.6) is 5.75 Å². The van der Waals surface area contributed by atoms with Gasteiger partial charge in [0.1, 0.15) is 12.1 Å². The molecule has 2 aliphatic carbocycles. The molecule has 1 aromatic rings. The van der Waals surface area contributed by atoms with Gasteiger partial charge >= 0.3 is 0 Å². The molecular formula is C38H53ClFN5O7. The lowest BCUT2D eigenvalue weighted by Crippen LogP contribution is -2.59.